The van der Waals surface area contributed by atoms with Crippen LogP contribution in [0.4, 0.5) is 0 Å². The Labute approximate surface area is 152 Å². The number of aryl methyl sites for hydroxylation is 1. The highest BCUT2D eigenvalue weighted by Gasteiger charge is 2.27. The quantitative estimate of drug-likeness (QED) is 0.896. The van der Waals surface area contributed by atoms with Crippen LogP contribution in [0.15, 0.2) is 36.5 Å². The van der Waals surface area contributed by atoms with Crippen LogP contribution in [-0.4, -0.2) is 46.3 Å². The second kappa shape index (κ2) is 7.23. The Bertz CT molecular complexity index is 818. The molecule has 1 saturated carbocycles. The van der Waals surface area contributed by atoms with Crippen molar-refractivity contribution < 1.29 is 9.59 Å². The number of carbonyl (C=O) groups excluding carboxylic acids is 2. The van der Waals surface area contributed by atoms with Crippen molar-refractivity contribution in [1.29, 1.82) is 0 Å². The van der Waals surface area contributed by atoms with Gasteiger partial charge in [0.05, 0.1) is 17.8 Å². The Kier molecular flexibility index (Phi) is 4.65. The average Bonchev–Trinajstić information content (AvgIpc) is 3.50. The number of amides is 2. The first kappa shape index (κ1) is 16.7. The maximum atomic E-state index is 12.8. The summed E-state index contributed by atoms with van der Waals surface area (Å²) in [4.78, 5) is 35.6. The third-order valence-corrected chi connectivity index (χ3v) is 4.88. The van der Waals surface area contributed by atoms with E-state index in [1.54, 1.807) is 11.1 Å². The van der Waals surface area contributed by atoms with Gasteiger partial charge in [-0.3, -0.25) is 9.59 Å². The highest BCUT2D eigenvalue weighted by molar-refractivity contribution is 5.97. The minimum atomic E-state index is -0.154. The molecule has 2 heterocycles. The Hall–Kier alpha value is -2.76. The van der Waals surface area contributed by atoms with Crippen LogP contribution in [0.1, 0.15) is 35.3 Å². The monoisotopic (exact) mass is 350 g/mol. The molecule has 6 nitrogen and oxygen atoms in total. The molecule has 2 amide bonds. The van der Waals surface area contributed by atoms with Crippen LogP contribution in [0, 0.1) is 5.92 Å². The Morgan fingerprint density at radius 2 is 2.04 bits per heavy atom. The van der Waals surface area contributed by atoms with Crippen molar-refractivity contribution in [1.82, 2.24) is 20.2 Å². The summed E-state index contributed by atoms with van der Waals surface area (Å²) in [7, 11) is 0. The van der Waals surface area contributed by atoms with Crippen molar-refractivity contribution in [2.24, 2.45) is 5.92 Å². The van der Waals surface area contributed by atoms with Gasteiger partial charge in [-0.2, -0.15) is 0 Å². The van der Waals surface area contributed by atoms with Gasteiger partial charge in [0.25, 0.3) is 5.91 Å². The SMILES string of the molecule is O=C(CN1CCCc2nc(-c3ccccc3)ncc2C1=O)NCC1CC1. The third-order valence-electron chi connectivity index (χ3n) is 4.88. The van der Waals surface area contributed by atoms with Gasteiger partial charge in [0, 0.05) is 24.8 Å². The van der Waals surface area contributed by atoms with Crippen LogP contribution in [0.5, 0.6) is 0 Å². The number of fused-ring (bicyclic) bond motifs is 1. The zero-order chi connectivity index (χ0) is 17.9. The molecule has 1 fully saturated rings. The van der Waals surface area contributed by atoms with Crippen LogP contribution in [0.3, 0.4) is 0 Å². The topological polar surface area (TPSA) is 75.2 Å². The summed E-state index contributed by atoms with van der Waals surface area (Å²) in [6, 6.07) is 9.74. The molecule has 26 heavy (non-hydrogen) atoms. The van der Waals surface area contributed by atoms with E-state index in [4.69, 9.17) is 0 Å². The number of hydrogen-bond acceptors (Lipinski definition) is 4. The summed E-state index contributed by atoms with van der Waals surface area (Å²) in [5, 5.41) is 2.92. The summed E-state index contributed by atoms with van der Waals surface area (Å²) < 4.78 is 0. The molecule has 2 aromatic rings. The fourth-order valence-corrected chi connectivity index (χ4v) is 3.18. The van der Waals surface area contributed by atoms with Gasteiger partial charge in [-0.05, 0) is 31.6 Å². The molecule has 1 aromatic heterocycles. The van der Waals surface area contributed by atoms with Gasteiger partial charge in [0.15, 0.2) is 5.82 Å². The van der Waals surface area contributed by atoms with E-state index in [9.17, 15) is 9.59 Å². The number of nitrogens with one attached hydrogen (secondary N) is 1. The van der Waals surface area contributed by atoms with Crippen molar-refractivity contribution in [2.75, 3.05) is 19.6 Å². The van der Waals surface area contributed by atoms with Crippen LogP contribution in [-0.2, 0) is 11.2 Å². The molecule has 0 spiro atoms. The molecule has 1 aliphatic carbocycles. The van der Waals surface area contributed by atoms with E-state index < -0.39 is 0 Å². The normalized spacial score (nSPS) is 16.8. The highest BCUT2D eigenvalue weighted by Crippen LogP contribution is 2.27. The van der Waals surface area contributed by atoms with E-state index in [0.29, 0.717) is 30.3 Å². The zero-order valence-corrected chi connectivity index (χ0v) is 14.6. The van der Waals surface area contributed by atoms with E-state index >= 15 is 0 Å². The molecular weight excluding hydrogens is 328 g/mol. The number of hydrogen-bond donors (Lipinski definition) is 1. The smallest absolute Gasteiger partial charge is 0.257 e. The van der Waals surface area contributed by atoms with E-state index in [2.05, 4.69) is 15.3 Å². The Morgan fingerprint density at radius 3 is 2.81 bits per heavy atom. The molecule has 1 aromatic carbocycles. The first-order valence-electron chi connectivity index (χ1n) is 9.18. The Morgan fingerprint density at radius 1 is 1.23 bits per heavy atom. The highest BCUT2D eigenvalue weighted by atomic mass is 16.2. The molecule has 2 aliphatic rings. The van der Waals surface area contributed by atoms with Crippen LogP contribution in [0.2, 0.25) is 0 Å². The summed E-state index contributed by atoms with van der Waals surface area (Å²) in [5.74, 6) is 1.02. The van der Waals surface area contributed by atoms with Crippen molar-refractivity contribution in [3.63, 3.8) is 0 Å². The van der Waals surface area contributed by atoms with E-state index in [0.717, 1.165) is 24.2 Å². The first-order chi connectivity index (χ1) is 12.7. The van der Waals surface area contributed by atoms with Crippen molar-refractivity contribution in [3.8, 4) is 11.4 Å². The van der Waals surface area contributed by atoms with Gasteiger partial charge in [-0.25, -0.2) is 9.97 Å². The summed E-state index contributed by atoms with van der Waals surface area (Å²) in [6.45, 7) is 1.39. The van der Waals surface area contributed by atoms with Crippen LogP contribution in [0.25, 0.3) is 11.4 Å². The van der Waals surface area contributed by atoms with Gasteiger partial charge < -0.3 is 10.2 Å². The van der Waals surface area contributed by atoms with E-state index in [1.807, 2.05) is 30.3 Å². The van der Waals surface area contributed by atoms with Crippen LogP contribution < -0.4 is 5.32 Å². The Balaban J connectivity index is 1.49. The molecule has 0 bridgehead atoms. The lowest BCUT2D eigenvalue weighted by atomic mass is 10.1. The van der Waals surface area contributed by atoms with Gasteiger partial charge >= 0.3 is 0 Å². The lowest BCUT2D eigenvalue weighted by molar-refractivity contribution is -0.121. The van der Waals surface area contributed by atoms with Crippen molar-refractivity contribution in [3.05, 3.63) is 47.8 Å². The largest absolute Gasteiger partial charge is 0.354 e. The maximum Gasteiger partial charge on any atom is 0.257 e. The summed E-state index contributed by atoms with van der Waals surface area (Å²) in [5.41, 5.74) is 2.21. The molecule has 0 saturated heterocycles. The average molecular weight is 350 g/mol. The number of carbonyl (C=O) groups is 2. The third kappa shape index (κ3) is 3.74. The van der Waals surface area contributed by atoms with Gasteiger partial charge in [-0.15, -0.1) is 0 Å². The number of aromatic nitrogens is 2. The molecule has 1 N–H and O–H groups in total. The second-order valence-corrected chi connectivity index (χ2v) is 7.00. The van der Waals surface area contributed by atoms with Gasteiger partial charge in [-0.1, -0.05) is 30.3 Å². The summed E-state index contributed by atoms with van der Waals surface area (Å²) in [6.07, 6.45) is 5.49. The fourth-order valence-electron chi connectivity index (χ4n) is 3.18. The minimum Gasteiger partial charge on any atom is -0.354 e. The summed E-state index contributed by atoms with van der Waals surface area (Å²) >= 11 is 0. The van der Waals surface area contributed by atoms with E-state index in [1.165, 1.54) is 12.8 Å². The second-order valence-electron chi connectivity index (χ2n) is 7.00. The van der Waals surface area contributed by atoms with Gasteiger partial charge in [0.1, 0.15) is 0 Å². The number of rotatable bonds is 5. The molecule has 6 heteroatoms. The standard InChI is InChI=1S/C20H22N4O2/c25-18(21-11-14-8-9-14)13-24-10-4-7-17-16(20(24)26)12-22-19(23-17)15-5-2-1-3-6-15/h1-3,5-6,12,14H,4,7-11,13H2,(H,21,25). The number of nitrogens with zero attached hydrogens (tertiary/aromatic N) is 3. The zero-order valence-electron chi connectivity index (χ0n) is 14.6. The number of benzene rings is 1. The molecular formula is C20H22N4O2. The first-order valence-corrected chi connectivity index (χ1v) is 9.18. The molecule has 134 valence electrons. The van der Waals surface area contributed by atoms with Crippen molar-refractivity contribution in [2.45, 2.75) is 25.7 Å². The van der Waals surface area contributed by atoms with Gasteiger partial charge in [0.2, 0.25) is 5.91 Å². The maximum absolute atomic E-state index is 12.8. The molecule has 0 atom stereocenters. The predicted octanol–water partition coefficient (Wildman–Crippen LogP) is 2.06. The fraction of sp³-hybridized carbons (Fsp3) is 0.400. The van der Waals surface area contributed by atoms with E-state index in [-0.39, 0.29) is 18.4 Å². The predicted molar refractivity (Wildman–Crippen MR) is 97.4 cm³/mol. The van der Waals surface area contributed by atoms with Crippen molar-refractivity contribution >= 4 is 11.8 Å². The molecule has 0 radical (unpaired) electrons. The minimum absolute atomic E-state index is 0.0875. The molecule has 4 rings (SSSR count). The lowest BCUT2D eigenvalue weighted by Crippen LogP contribution is -2.41. The molecule has 0 unspecified atom stereocenters. The lowest BCUT2D eigenvalue weighted by Gasteiger charge is -2.20. The van der Waals surface area contributed by atoms with Crippen LogP contribution >= 0.6 is 0 Å². The molecule has 1 aliphatic heterocycles.